The van der Waals surface area contributed by atoms with Crippen LogP contribution in [-0.2, 0) is 6.54 Å². The van der Waals surface area contributed by atoms with Gasteiger partial charge in [0, 0.05) is 29.2 Å². The predicted octanol–water partition coefficient (Wildman–Crippen LogP) is 3.20. The van der Waals surface area contributed by atoms with Gasteiger partial charge in [-0.25, -0.2) is 0 Å². The lowest BCUT2D eigenvalue weighted by atomic mass is 9.77. The van der Waals surface area contributed by atoms with Crippen LogP contribution in [0.2, 0.25) is 0 Å². The monoisotopic (exact) mass is 272 g/mol. The summed E-state index contributed by atoms with van der Waals surface area (Å²) in [5.41, 5.74) is 2.39. The second-order valence-electron chi connectivity index (χ2n) is 6.33. The molecule has 3 N–H and O–H groups in total. The fraction of sp³-hybridized carbons (Fsp3) is 0.529. The number of rotatable bonds is 4. The van der Waals surface area contributed by atoms with Gasteiger partial charge < -0.3 is 15.4 Å². The van der Waals surface area contributed by atoms with Crippen molar-refractivity contribution in [2.45, 2.75) is 44.7 Å². The number of benzene rings is 1. The average molecular weight is 272 g/mol. The predicted molar refractivity (Wildman–Crippen MR) is 82.6 cm³/mol. The van der Waals surface area contributed by atoms with E-state index in [1.165, 1.54) is 29.3 Å². The molecule has 1 aliphatic rings. The van der Waals surface area contributed by atoms with Gasteiger partial charge in [-0.3, -0.25) is 0 Å². The van der Waals surface area contributed by atoms with Crippen LogP contribution in [0.15, 0.2) is 30.5 Å². The van der Waals surface area contributed by atoms with Crippen LogP contribution >= 0.6 is 0 Å². The van der Waals surface area contributed by atoms with E-state index in [9.17, 15) is 5.11 Å². The molecule has 3 rings (SSSR count). The van der Waals surface area contributed by atoms with E-state index in [2.05, 4.69) is 41.6 Å². The van der Waals surface area contributed by atoms with E-state index < -0.39 is 0 Å². The minimum absolute atomic E-state index is 0.0785. The van der Waals surface area contributed by atoms with Crippen molar-refractivity contribution in [3.63, 3.8) is 0 Å². The zero-order valence-electron chi connectivity index (χ0n) is 12.2. The van der Waals surface area contributed by atoms with Gasteiger partial charge in [-0.15, -0.1) is 0 Å². The molecule has 1 heterocycles. The molecule has 3 nitrogen and oxygen atoms in total. The Bertz CT molecular complexity index is 567. The van der Waals surface area contributed by atoms with E-state index >= 15 is 0 Å². The van der Waals surface area contributed by atoms with Gasteiger partial charge in [0.15, 0.2) is 0 Å². The Balaban J connectivity index is 1.72. The highest BCUT2D eigenvalue weighted by Crippen LogP contribution is 2.32. The van der Waals surface area contributed by atoms with Gasteiger partial charge in [0.25, 0.3) is 0 Å². The molecular weight excluding hydrogens is 248 g/mol. The fourth-order valence-corrected chi connectivity index (χ4v) is 3.27. The van der Waals surface area contributed by atoms with Crippen LogP contribution in [0.1, 0.15) is 38.2 Å². The highest BCUT2D eigenvalue weighted by Gasteiger charge is 2.33. The number of aliphatic hydroxyl groups excluding tert-OH is 1. The van der Waals surface area contributed by atoms with Gasteiger partial charge in [-0.2, -0.15) is 0 Å². The van der Waals surface area contributed by atoms with Gasteiger partial charge in [0.05, 0.1) is 6.61 Å². The quantitative estimate of drug-likeness (QED) is 0.800. The molecule has 1 saturated carbocycles. The molecule has 1 aromatic carbocycles. The summed E-state index contributed by atoms with van der Waals surface area (Å²) in [6.45, 7) is 3.36. The highest BCUT2D eigenvalue weighted by molar-refractivity contribution is 5.82. The van der Waals surface area contributed by atoms with Crippen LogP contribution < -0.4 is 5.32 Å². The van der Waals surface area contributed by atoms with E-state index in [0.29, 0.717) is 0 Å². The second kappa shape index (κ2) is 5.58. The summed E-state index contributed by atoms with van der Waals surface area (Å²) in [5, 5.41) is 14.7. The normalized spacial score (nSPS) is 27.0. The molecule has 2 aromatic rings. The average Bonchev–Trinajstić information content (AvgIpc) is 2.91. The summed E-state index contributed by atoms with van der Waals surface area (Å²) >= 11 is 0. The SMILES string of the molecule is CC1CCC(CO)(NCc2c[nH]c3ccccc23)CC1. The molecular formula is C17H24N2O. The van der Waals surface area contributed by atoms with Crippen molar-refractivity contribution in [1.82, 2.24) is 10.3 Å². The van der Waals surface area contributed by atoms with Crippen LogP contribution in [0.5, 0.6) is 0 Å². The summed E-state index contributed by atoms with van der Waals surface area (Å²) in [7, 11) is 0. The third kappa shape index (κ3) is 2.60. The number of aromatic amines is 1. The van der Waals surface area contributed by atoms with Crippen molar-refractivity contribution in [3.05, 3.63) is 36.0 Å². The molecule has 0 atom stereocenters. The van der Waals surface area contributed by atoms with Crippen molar-refractivity contribution in [2.75, 3.05) is 6.61 Å². The summed E-state index contributed by atoms with van der Waals surface area (Å²) in [6.07, 6.45) is 6.65. The zero-order chi connectivity index (χ0) is 14.0. The van der Waals surface area contributed by atoms with Crippen LogP contribution in [-0.4, -0.2) is 22.2 Å². The van der Waals surface area contributed by atoms with E-state index in [-0.39, 0.29) is 12.1 Å². The smallest absolute Gasteiger partial charge is 0.0613 e. The Morgan fingerprint density at radius 3 is 2.80 bits per heavy atom. The number of nitrogens with one attached hydrogen (secondary N) is 2. The van der Waals surface area contributed by atoms with Crippen molar-refractivity contribution in [1.29, 1.82) is 0 Å². The van der Waals surface area contributed by atoms with Crippen LogP contribution in [0.4, 0.5) is 0 Å². The standard InChI is InChI=1S/C17H24N2O/c1-13-6-8-17(12-20,9-7-13)19-11-14-10-18-16-5-3-2-4-15(14)16/h2-5,10,13,18-20H,6-9,11-12H2,1H3. The molecule has 0 spiro atoms. The van der Waals surface area contributed by atoms with E-state index in [1.807, 2.05) is 6.07 Å². The maximum absolute atomic E-state index is 9.80. The molecule has 1 fully saturated rings. The first-order valence-electron chi connectivity index (χ1n) is 7.63. The molecule has 0 aliphatic heterocycles. The number of para-hydroxylation sites is 1. The van der Waals surface area contributed by atoms with Crippen molar-refractivity contribution >= 4 is 10.9 Å². The number of H-pyrrole nitrogens is 1. The molecule has 0 radical (unpaired) electrons. The van der Waals surface area contributed by atoms with Crippen molar-refractivity contribution < 1.29 is 5.11 Å². The summed E-state index contributed by atoms with van der Waals surface area (Å²) in [6, 6.07) is 8.37. The molecule has 0 amide bonds. The first-order chi connectivity index (χ1) is 9.72. The lowest BCUT2D eigenvalue weighted by Crippen LogP contribution is -2.50. The van der Waals surface area contributed by atoms with Gasteiger partial charge >= 0.3 is 0 Å². The second-order valence-corrected chi connectivity index (χ2v) is 6.33. The molecule has 1 aliphatic carbocycles. The molecule has 0 bridgehead atoms. The summed E-state index contributed by atoms with van der Waals surface area (Å²) in [5.74, 6) is 0.796. The minimum Gasteiger partial charge on any atom is -0.394 e. The van der Waals surface area contributed by atoms with Crippen LogP contribution in [0.3, 0.4) is 0 Å². The van der Waals surface area contributed by atoms with Crippen LogP contribution in [0.25, 0.3) is 10.9 Å². The lowest BCUT2D eigenvalue weighted by molar-refractivity contribution is 0.104. The molecule has 3 heteroatoms. The number of hydrogen-bond acceptors (Lipinski definition) is 2. The van der Waals surface area contributed by atoms with E-state index in [4.69, 9.17) is 0 Å². The Labute approximate surface area is 120 Å². The molecule has 0 saturated heterocycles. The number of aliphatic hydroxyl groups is 1. The third-order valence-electron chi connectivity index (χ3n) is 4.86. The van der Waals surface area contributed by atoms with Gasteiger partial charge in [-0.1, -0.05) is 25.1 Å². The number of hydrogen-bond donors (Lipinski definition) is 3. The molecule has 0 unspecified atom stereocenters. The Morgan fingerprint density at radius 2 is 2.05 bits per heavy atom. The number of fused-ring (bicyclic) bond motifs is 1. The maximum atomic E-state index is 9.80. The Kier molecular flexibility index (Phi) is 3.81. The minimum atomic E-state index is -0.0785. The largest absolute Gasteiger partial charge is 0.394 e. The summed E-state index contributed by atoms with van der Waals surface area (Å²) in [4.78, 5) is 3.31. The van der Waals surface area contributed by atoms with E-state index in [1.54, 1.807) is 0 Å². The maximum Gasteiger partial charge on any atom is 0.0613 e. The lowest BCUT2D eigenvalue weighted by Gasteiger charge is -2.39. The topological polar surface area (TPSA) is 48.0 Å². The van der Waals surface area contributed by atoms with Gasteiger partial charge in [0.2, 0.25) is 0 Å². The van der Waals surface area contributed by atoms with Crippen LogP contribution in [0, 0.1) is 5.92 Å². The molecule has 108 valence electrons. The Morgan fingerprint density at radius 1 is 1.30 bits per heavy atom. The fourth-order valence-electron chi connectivity index (χ4n) is 3.27. The number of aromatic nitrogens is 1. The van der Waals surface area contributed by atoms with Crippen molar-refractivity contribution in [3.8, 4) is 0 Å². The van der Waals surface area contributed by atoms with Crippen molar-refractivity contribution in [2.24, 2.45) is 5.92 Å². The first-order valence-corrected chi connectivity index (χ1v) is 7.63. The Hall–Kier alpha value is -1.32. The van der Waals surface area contributed by atoms with Gasteiger partial charge in [0.1, 0.15) is 0 Å². The van der Waals surface area contributed by atoms with Gasteiger partial charge in [-0.05, 0) is 43.2 Å². The first kappa shape index (κ1) is 13.7. The van der Waals surface area contributed by atoms with E-state index in [0.717, 1.165) is 25.3 Å². The third-order valence-corrected chi connectivity index (χ3v) is 4.86. The molecule has 20 heavy (non-hydrogen) atoms. The molecule has 1 aromatic heterocycles. The summed E-state index contributed by atoms with van der Waals surface area (Å²) < 4.78 is 0. The highest BCUT2D eigenvalue weighted by atomic mass is 16.3. The zero-order valence-corrected chi connectivity index (χ0v) is 12.2.